The van der Waals surface area contributed by atoms with E-state index >= 15 is 0 Å². The maximum atomic E-state index is 13.3. The third-order valence-electron chi connectivity index (χ3n) is 4.76. The summed E-state index contributed by atoms with van der Waals surface area (Å²) in [6.45, 7) is 11.1. The molecular weight excluding hydrogens is 392 g/mol. The highest BCUT2D eigenvalue weighted by Gasteiger charge is 2.29. The molecule has 166 valence electrons. The summed E-state index contributed by atoms with van der Waals surface area (Å²) in [5.74, 6) is 1.32. The molecule has 1 aliphatic rings. The van der Waals surface area contributed by atoms with Crippen LogP contribution in [-0.2, 0) is 4.74 Å². The summed E-state index contributed by atoms with van der Waals surface area (Å²) in [5.41, 5.74) is 0.636. The average Bonchev–Trinajstić information content (AvgIpc) is 2.66. The van der Waals surface area contributed by atoms with Crippen molar-refractivity contribution in [1.29, 1.82) is 0 Å². The third kappa shape index (κ3) is 7.68. The van der Waals surface area contributed by atoms with Gasteiger partial charge in [-0.2, -0.15) is 0 Å². The van der Waals surface area contributed by atoms with Crippen LogP contribution in [0.3, 0.4) is 0 Å². The molecule has 0 aliphatic carbocycles. The maximum absolute atomic E-state index is 13.3. The summed E-state index contributed by atoms with van der Waals surface area (Å²) in [6.07, 6.45) is 2.94. The Balaban J connectivity index is 0.00000420. The van der Waals surface area contributed by atoms with Gasteiger partial charge in [0.15, 0.2) is 11.5 Å². The summed E-state index contributed by atoms with van der Waals surface area (Å²) in [4.78, 5) is 15.3. The lowest BCUT2D eigenvalue weighted by molar-refractivity contribution is 0.0573. The predicted molar refractivity (Wildman–Crippen MR) is 119 cm³/mol. The normalized spacial score (nSPS) is 16.4. The van der Waals surface area contributed by atoms with Crippen LogP contribution in [0.1, 0.15) is 57.3 Å². The number of hydrogen-bond acceptors (Lipinski definition) is 5. The molecular formula is C22H37ClN2O4. The quantitative estimate of drug-likeness (QED) is 0.572. The molecule has 1 aromatic rings. The summed E-state index contributed by atoms with van der Waals surface area (Å²) in [7, 11) is 1.67. The van der Waals surface area contributed by atoms with Gasteiger partial charge in [0.05, 0.1) is 12.7 Å². The van der Waals surface area contributed by atoms with E-state index in [1.165, 1.54) is 0 Å². The summed E-state index contributed by atoms with van der Waals surface area (Å²) < 4.78 is 16.9. The van der Waals surface area contributed by atoms with Crippen LogP contribution in [0.4, 0.5) is 0 Å². The minimum absolute atomic E-state index is 0. The van der Waals surface area contributed by atoms with Gasteiger partial charge >= 0.3 is 0 Å². The van der Waals surface area contributed by atoms with Gasteiger partial charge in [-0.15, -0.1) is 12.4 Å². The van der Waals surface area contributed by atoms with Crippen LogP contribution in [-0.4, -0.2) is 62.4 Å². The largest absolute Gasteiger partial charge is 0.490 e. The number of amides is 1. The molecule has 0 unspecified atom stereocenters. The number of nitrogens with one attached hydrogen (secondary N) is 1. The second kappa shape index (κ2) is 12.9. The Morgan fingerprint density at radius 3 is 2.55 bits per heavy atom. The topological polar surface area (TPSA) is 60.0 Å². The highest BCUT2D eigenvalue weighted by Crippen LogP contribution is 2.31. The van der Waals surface area contributed by atoms with E-state index in [2.05, 4.69) is 19.2 Å². The van der Waals surface area contributed by atoms with E-state index in [-0.39, 0.29) is 36.5 Å². The highest BCUT2D eigenvalue weighted by atomic mass is 35.5. The van der Waals surface area contributed by atoms with E-state index < -0.39 is 0 Å². The molecule has 0 aromatic heterocycles. The second-order valence-electron chi connectivity index (χ2n) is 7.83. The van der Waals surface area contributed by atoms with Crippen LogP contribution in [0.2, 0.25) is 0 Å². The maximum Gasteiger partial charge on any atom is 0.254 e. The number of halogens is 1. The van der Waals surface area contributed by atoms with Gasteiger partial charge in [0.25, 0.3) is 5.91 Å². The molecule has 1 atom stereocenters. The van der Waals surface area contributed by atoms with Crippen molar-refractivity contribution < 1.29 is 19.0 Å². The monoisotopic (exact) mass is 428 g/mol. The molecule has 1 fully saturated rings. The zero-order valence-corrected chi connectivity index (χ0v) is 19.2. The van der Waals surface area contributed by atoms with Crippen LogP contribution in [0.15, 0.2) is 18.2 Å². The number of rotatable bonds is 10. The Morgan fingerprint density at radius 1 is 1.21 bits per heavy atom. The molecule has 1 aliphatic heterocycles. The SMILES string of the molecule is COCCCOc1cc(C(=O)N(C(C)C)[C@@H]2CCCNC2)ccc1OC(C)C.Cl. The van der Waals surface area contributed by atoms with Crippen LogP contribution in [0, 0.1) is 0 Å². The Labute approximate surface area is 181 Å². The van der Waals surface area contributed by atoms with Crippen molar-refractivity contribution >= 4 is 18.3 Å². The minimum atomic E-state index is 0. The first-order valence-electron chi connectivity index (χ1n) is 10.4. The number of benzene rings is 1. The molecule has 6 nitrogen and oxygen atoms in total. The first-order valence-corrected chi connectivity index (χ1v) is 10.4. The minimum Gasteiger partial charge on any atom is -0.490 e. The highest BCUT2D eigenvalue weighted by molar-refractivity contribution is 5.95. The second-order valence-corrected chi connectivity index (χ2v) is 7.83. The van der Waals surface area contributed by atoms with Crippen molar-refractivity contribution in [2.75, 3.05) is 33.4 Å². The predicted octanol–water partition coefficient (Wildman–Crippen LogP) is 3.91. The Morgan fingerprint density at radius 2 is 1.97 bits per heavy atom. The zero-order valence-electron chi connectivity index (χ0n) is 18.4. The van der Waals surface area contributed by atoms with Crippen molar-refractivity contribution in [2.45, 2.75) is 65.1 Å². The molecule has 0 bridgehead atoms. The number of methoxy groups -OCH3 is 1. The first-order chi connectivity index (χ1) is 13.4. The number of ether oxygens (including phenoxy) is 3. The van der Waals surface area contributed by atoms with Gasteiger partial charge in [-0.3, -0.25) is 4.79 Å². The fourth-order valence-electron chi connectivity index (χ4n) is 3.53. The molecule has 1 amide bonds. The van der Waals surface area contributed by atoms with E-state index in [9.17, 15) is 4.79 Å². The molecule has 0 saturated carbocycles. The van der Waals surface area contributed by atoms with E-state index in [4.69, 9.17) is 14.2 Å². The van der Waals surface area contributed by atoms with Gasteiger partial charge in [-0.05, 0) is 65.3 Å². The molecule has 1 aromatic carbocycles. The smallest absolute Gasteiger partial charge is 0.254 e. The Hall–Kier alpha value is -1.50. The lowest BCUT2D eigenvalue weighted by Crippen LogP contribution is -2.51. The van der Waals surface area contributed by atoms with E-state index in [1.807, 2.05) is 36.9 Å². The summed E-state index contributed by atoms with van der Waals surface area (Å²) in [5, 5.41) is 3.41. The Kier molecular flexibility index (Phi) is 11.4. The van der Waals surface area contributed by atoms with Gasteiger partial charge in [0.1, 0.15) is 0 Å². The third-order valence-corrected chi connectivity index (χ3v) is 4.76. The fourth-order valence-corrected chi connectivity index (χ4v) is 3.53. The number of nitrogens with zero attached hydrogens (tertiary/aromatic N) is 1. The van der Waals surface area contributed by atoms with Gasteiger partial charge in [-0.1, -0.05) is 0 Å². The number of carbonyl (C=O) groups is 1. The van der Waals surface area contributed by atoms with Crippen LogP contribution < -0.4 is 14.8 Å². The van der Waals surface area contributed by atoms with E-state index in [0.29, 0.717) is 30.3 Å². The molecule has 0 spiro atoms. The van der Waals surface area contributed by atoms with Crippen molar-refractivity contribution in [2.24, 2.45) is 0 Å². The summed E-state index contributed by atoms with van der Waals surface area (Å²) in [6, 6.07) is 5.86. The number of piperidine rings is 1. The van der Waals surface area contributed by atoms with Crippen LogP contribution >= 0.6 is 12.4 Å². The van der Waals surface area contributed by atoms with Gasteiger partial charge in [0.2, 0.25) is 0 Å². The van der Waals surface area contributed by atoms with Crippen molar-refractivity contribution in [3.05, 3.63) is 23.8 Å². The molecule has 29 heavy (non-hydrogen) atoms. The van der Waals surface area contributed by atoms with Gasteiger partial charge < -0.3 is 24.4 Å². The Bertz CT molecular complexity index is 619. The van der Waals surface area contributed by atoms with Crippen LogP contribution in [0.5, 0.6) is 11.5 Å². The van der Waals surface area contributed by atoms with Crippen molar-refractivity contribution in [1.82, 2.24) is 10.2 Å². The lowest BCUT2D eigenvalue weighted by atomic mass is 10.0. The van der Waals surface area contributed by atoms with Crippen molar-refractivity contribution in [3.8, 4) is 11.5 Å². The zero-order chi connectivity index (χ0) is 20.5. The molecule has 1 saturated heterocycles. The fraction of sp³-hybridized carbons (Fsp3) is 0.682. The van der Waals surface area contributed by atoms with Gasteiger partial charge in [0, 0.05) is 44.3 Å². The van der Waals surface area contributed by atoms with E-state index in [1.54, 1.807) is 7.11 Å². The molecule has 1 heterocycles. The number of hydrogen-bond donors (Lipinski definition) is 1. The van der Waals surface area contributed by atoms with E-state index in [0.717, 1.165) is 32.4 Å². The van der Waals surface area contributed by atoms with Gasteiger partial charge in [-0.25, -0.2) is 0 Å². The standard InChI is InChI=1S/C22H36N2O4.ClH/c1-16(2)24(19-8-6-11-23-15-19)22(25)18-9-10-20(28-17(3)4)21(14-18)27-13-7-12-26-5;/h9-10,14,16-17,19,23H,6-8,11-13,15H2,1-5H3;1H/t19-;/m1./s1. The molecule has 0 radical (unpaired) electrons. The molecule has 7 heteroatoms. The molecule has 1 N–H and O–H groups in total. The van der Waals surface area contributed by atoms with Crippen LogP contribution in [0.25, 0.3) is 0 Å². The summed E-state index contributed by atoms with van der Waals surface area (Å²) >= 11 is 0. The van der Waals surface area contributed by atoms with Crippen molar-refractivity contribution in [3.63, 3.8) is 0 Å². The first kappa shape index (κ1) is 25.5. The lowest BCUT2D eigenvalue weighted by Gasteiger charge is -2.37. The molecule has 2 rings (SSSR count). The number of carbonyl (C=O) groups excluding carboxylic acids is 1. The average molecular weight is 429 g/mol.